The molecule has 3 nitrogen and oxygen atoms in total. The van der Waals surface area contributed by atoms with Gasteiger partial charge in [-0.15, -0.1) is 0 Å². The molecule has 4 heteroatoms. The number of rotatable bonds is 8. The van der Waals surface area contributed by atoms with E-state index in [1.54, 1.807) is 0 Å². The van der Waals surface area contributed by atoms with Gasteiger partial charge in [-0.25, -0.2) is 0 Å². The third kappa shape index (κ3) is 5.54. The number of halogens is 1. The van der Waals surface area contributed by atoms with Crippen LogP contribution in [-0.2, 0) is 13.1 Å². The van der Waals surface area contributed by atoms with Crippen molar-refractivity contribution in [1.29, 1.82) is 0 Å². The Bertz CT molecular complexity index is 470. The molecule has 0 heterocycles. The van der Waals surface area contributed by atoms with Crippen molar-refractivity contribution in [3.05, 3.63) is 71.8 Å². The highest BCUT2D eigenvalue weighted by Gasteiger charge is 2.27. The Morgan fingerprint density at radius 3 is 1.32 bits per heavy atom. The fraction of sp³-hybridized carbons (Fsp3) is 0.333. The third-order valence-electron chi connectivity index (χ3n) is 3.87. The SMILES string of the molecule is OCC[N+](CCO)(Cc1ccccc1)Cc1ccccc1.[Br-]. The fourth-order valence-corrected chi connectivity index (χ4v) is 2.85. The third-order valence-corrected chi connectivity index (χ3v) is 3.87. The molecule has 0 radical (unpaired) electrons. The molecule has 120 valence electrons. The maximum atomic E-state index is 9.49. The molecule has 0 unspecified atom stereocenters. The van der Waals surface area contributed by atoms with Crippen molar-refractivity contribution in [2.24, 2.45) is 0 Å². The Kier molecular flexibility index (Phi) is 8.35. The summed E-state index contributed by atoms with van der Waals surface area (Å²) in [5.41, 5.74) is 2.46. The minimum Gasteiger partial charge on any atom is -1.00 e. The highest BCUT2D eigenvalue weighted by molar-refractivity contribution is 5.15. The van der Waals surface area contributed by atoms with Gasteiger partial charge in [0.05, 0.1) is 13.2 Å². The van der Waals surface area contributed by atoms with Gasteiger partial charge in [-0.2, -0.15) is 0 Å². The van der Waals surface area contributed by atoms with E-state index < -0.39 is 0 Å². The van der Waals surface area contributed by atoms with Crippen LogP contribution >= 0.6 is 0 Å². The van der Waals surface area contributed by atoms with Gasteiger partial charge in [0.1, 0.15) is 26.2 Å². The van der Waals surface area contributed by atoms with Crippen LogP contribution in [0.5, 0.6) is 0 Å². The van der Waals surface area contributed by atoms with Crippen LogP contribution in [0.2, 0.25) is 0 Å². The Morgan fingerprint density at radius 1 is 0.636 bits per heavy atom. The second-order valence-electron chi connectivity index (χ2n) is 5.52. The van der Waals surface area contributed by atoms with Gasteiger partial charge >= 0.3 is 0 Å². The summed E-state index contributed by atoms with van der Waals surface area (Å²) < 4.78 is 0.668. The highest BCUT2D eigenvalue weighted by atomic mass is 79.9. The van der Waals surface area contributed by atoms with Crippen LogP contribution in [0, 0.1) is 0 Å². The van der Waals surface area contributed by atoms with Crippen LogP contribution < -0.4 is 17.0 Å². The van der Waals surface area contributed by atoms with E-state index in [-0.39, 0.29) is 30.2 Å². The lowest BCUT2D eigenvalue weighted by Gasteiger charge is -2.38. The monoisotopic (exact) mass is 365 g/mol. The first-order valence-corrected chi connectivity index (χ1v) is 7.43. The number of aliphatic hydroxyl groups is 2. The fourth-order valence-electron chi connectivity index (χ4n) is 2.85. The lowest BCUT2D eigenvalue weighted by atomic mass is 10.1. The molecule has 2 rings (SSSR count). The number of benzene rings is 2. The van der Waals surface area contributed by atoms with Crippen molar-refractivity contribution in [1.82, 2.24) is 0 Å². The summed E-state index contributed by atoms with van der Waals surface area (Å²) in [4.78, 5) is 0. The van der Waals surface area contributed by atoms with Crippen molar-refractivity contribution in [2.45, 2.75) is 13.1 Å². The zero-order chi connectivity index (χ0) is 15.0. The van der Waals surface area contributed by atoms with Crippen LogP contribution in [0.15, 0.2) is 60.7 Å². The van der Waals surface area contributed by atoms with Crippen LogP contribution in [0.1, 0.15) is 11.1 Å². The smallest absolute Gasteiger partial charge is 0.105 e. The molecule has 0 saturated carbocycles. The molecule has 0 bridgehead atoms. The van der Waals surface area contributed by atoms with Gasteiger partial charge in [0.2, 0.25) is 0 Å². The highest BCUT2D eigenvalue weighted by Crippen LogP contribution is 2.19. The molecule has 0 atom stereocenters. The summed E-state index contributed by atoms with van der Waals surface area (Å²) in [6.07, 6.45) is 0. The molecule has 2 aromatic carbocycles. The standard InChI is InChI=1S/C18H24NO2.BrH/c20-13-11-19(12-14-21,15-17-7-3-1-4-8-17)16-18-9-5-2-6-10-18;/h1-10,20-21H,11-16H2;1H/q+1;/p-1. The minimum atomic E-state index is 0. The number of aliphatic hydroxyl groups excluding tert-OH is 2. The Hall–Kier alpha value is -1.20. The number of hydrogen-bond acceptors (Lipinski definition) is 2. The quantitative estimate of drug-likeness (QED) is 0.601. The summed E-state index contributed by atoms with van der Waals surface area (Å²) in [6.45, 7) is 3.17. The average molecular weight is 366 g/mol. The van der Waals surface area contributed by atoms with E-state index in [0.29, 0.717) is 17.6 Å². The summed E-state index contributed by atoms with van der Waals surface area (Å²) in [5, 5.41) is 19.0. The summed E-state index contributed by atoms with van der Waals surface area (Å²) in [7, 11) is 0. The maximum Gasteiger partial charge on any atom is 0.105 e. The molecule has 0 aromatic heterocycles. The topological polar surface area (TPSA) is 40.5 Å². The molecular formula is C18H24BrNO2. The van der Waals surface area contributed by atoms with Gasteiger partial charge < -0.3 is 31.7 Å². The average Bonchev–Trinajstić information content (AvgIpc) is 2.50. The zero-order valence-electron chi connectivity index (χ0n) is 12.7. The molecule has 0 aliphatic carbocycles. The van der Waals surface area contributed by atoms with Gasteiger partial charge in [-0.3, -0.25) is 0 Å². The largest absolute Gasteiger partial charge is 1.00 e. The normalized spacial score (nSPS) is 11.0. The van der Waals surface area contributed by atoms with E-state index in [4.69, 9.17) is 0 Å². The first-order valence-electron chi connectivity index (χ1n) is 7.43. The molecule has 2 N–H and O–H groups in total. The van der Waals surface area contributed by atoms with Crippen molar-refractivity contribution in [2.75, 3.05) is 26.3 Å². The Labute approximate surface area is 143 Å². The molecule has 0 saturated heterocycles. The van der Waals surface area contributed by atoms with Gasteiger partial charge in [0, 0.05) is 11.1 Å². The summed E-state index contributed by atoms with van der Waals surface area (Å²) >= 11 is 0. The van der Waals surface area contributed by atoms with E-state index in [1.807, 2.05) is 36.4 Å². The zero-order valence-corrected chi connectivity index (χ0v) is 14.3. The van der Waals surface area contributed by atoms with Gasteiger partial charge in [-0.05, 0) is 0 Å². The first-order chi connectivity index (χ1) is 10.3. The second kappa shape index (κ2) is 9.74. The van der Waals surface area contributed by atoms with Crippen LogP contribution in [0.4, 0.5) is 0 Å². The molecule has 22 heavy (non-hydrogen) atoms. The lowest BCUT2D eigenvalue weighted by Crippen LogP contribution is -3.00. The van der Waals surface area contributed by atoms with Crippen LogP contribution in [-0.4, -0.2) is 41.0 Å². The number of hydrogen-bond donors (Lipinski definition) is 2. The lowest BCUT2D eigenvalue weighted by molar-refractivity contribution is -0.954. The Balaban J connectivity index is 0.00000242. The molecular weight excluding hydrogens is 342 g/mol. The van der Waals surface area contributed by atoms with E-state index in [1.165, 1.54) is 11.1 Å². The summed E-state index contributed by atoms with van der Waals surface area (Å²) in [6, 6.07) is 20.6. The van der Waals surface area contributed by atoms with E-state index in [0.717, 1.165) is 13.1 Å². The number of nitrogens with zero attached hydrogens (tertiary/aromatic N) is 1. The van der Waals surface area contributed by atoms with E-state index >= 15 is 0 Å². The maximum absolute atomic E-state index is 9.49. The molecule has 0 aliphatic heterocycles. The van der Waals surface area contributed by atoms with Crippen LogP contribution in [0.3, 0.4) is 0 Å². The van der Waals surface area contributed by atoms with Gasteiger partial charge in [-0.1, -0.05) is 60.7 Å². The van der Waals surface area contributed by atoms with E-state index in [9.17, 15) is 10.2 Å². The predicted octanol–water partition coefficient (Wildman–Crippen LogP) is -0.808. The molecule has 0 aliphatic rings. The van der Waals surface area contributed by atoms with E-state index in [2.05, 4.69) is 24.3 Å². The first kappa shape index (κ1) is 18.8. The molecule has 2 aromatic rings. The van der Waals surface area contributed by atoms with Crippen LogP contribution in [0.25, 0.3) is 0 Å². The minimum absolute atomic E-state index is 0. The van der Waals surface area contributed by atoms with Crippen molar-refractivity contribution >= 4 is 0 Å². The predicted molar refractivity (Wildman–Crippen MR) is 84.5 cm³/mol. The van der Waals surface area contributed by atoms with Crippen molar-refractivity contribution < 1.29 is 31.7 Å². The molecule has 0 amide bonds. The van der Waals surface area contributed by atoms with Crippen molar-refractivity contribution in [3.63, 3.8) is 0 Å². The molecule has 0 spiro atoms. The van der Waals surface area contributed by atoms with Gasteiger partial charge in [0.15, 0.2) is 0 Å². The number of quaternary nitrogens is 1. The Morgan fingerprint density at radius 2 is 1.00 bits per heavy atom. The second-order valence-corrected chi connectivity index (χ2v) is 5.52. The van der Waals surface area contributed by atoms with Crippen molar-refractivity contribution in [3.8, 4) is 0 Å². The van der Waals surface area contributed by atoms with Gasteiger partial charge in [0.25, 0.3) is 0 Å². The molecule has 0 fully saturated rings. The summed E-state index contributed by atoms with van der Waals surface area (Å²) in [5.74, 6) is 0.